The van der Waals surface area contributed by atoms with Crippen LogP contribution < -0.4 is 11.2 Å². The van der Waals surface area contributed by atoms with Gasteiger partial charge in [0.1, 0.15) is 18.3 Å². The van der Waals surface area contributed by atoms with E-state index in [1.165, 1.54) is 0 Å². The number of aliphatic hydroxyl groups excluding tert-OH is 2. The molecule has 2 heterocycles. The standard InChI is InChI=1S/C9H15N2O15P3.3Na/c12-5-1-2-11(9(15)10-5)8-7(14)6(13)4(24-8)3-23-28(19,20)26-29(21,22)25-27(16,17)18;;;/h1-2,4,6-8,13-14H,3H2,(H,19,20)(H,21,22)(H,10,12,15)(H2,16,17,18);;;. The van der Waals surface area contributed by atoms with Gasteiger partial charge >= 0.3 is 29.2 Å². The van der Waals surface area contributed by atoms with Gasteiger partial charge in [-0.1, -0.05) is 0 Å². The number of aromatic amines is 1. The summed E-state index contributed by atoms with van der Waals surface area (Å²) in [6.07, 6.45) is -5.70. The van der Waals surface area contributed by atoms with E-state index in [2.05, 4.69) is 13.1 Å². The molecule has 7 N–H and O–H groups in total. The number of aromatic nitrogens is 2. The SMILES string of the molecule is O=c1ccn(C2OC(COP(=O)(O)OP(=O)(O)OP(=O)(O)O)C(O)C2O)c(=O)[nH]1.[Na].[Na].[Na]. The fraction of sp³-hybridized carbons (Fsp3) is 0.556. The molecule has 0 aliphatic carbocycles. The number of phosphoric ester groups is 1. The van der Waals surface area contributed by atoms with E-state index in [1.807, 2.05) is 4.98 Å². The monoisotopic (exact) mass is 553 g/mol. The van der Waals surface area contributed by atoms with Gasteiger partial charge in [-0.15, -0.1) is 0 Å². The van der Waals surface area contributed by atoms with Crippen LogP contribution in [-0.2, 0) is 31.6 Å². The van der Waals surface area contributed by atoms with Crippen molar-refractivity contribution in [2.75, 3.05) is 6.61 Å². The summed E-state index contributed by atoms with van der Waals surface area (Å²) < 4.78 is 50.6. The molecule has 0 spiro atoms. The van der Waals surface area contributed by atoms with Crippen LogP contribution in [-0.4, -0.2) is 153 Å². The number of nitrogens with one attached hydrogen (secondary N) is 1. The van der Waals surface area contributed by atoms with Crippen molar-refractivity contribution < 1.29 is 61.4 Å². The van der Waals surface area contributed by atoms with Crippen LogP contribution >= 0.6 is 23.5 Å². The average Bonchev–Trinajstić information content (AvgIpc) is 2.78. The van der Waals surface area contributed by atoms with Gasteiger partial charge in [0.25, 0.3) is 5.56 Å². The summed E-state index contributed by atoms with van der Waals surface area (Å²) >= 11 is 0. The third-order valence-corrected chi connectivity index (χ3v) is 7.08. The molecular weight excluding hydrogens is 538 g/mol. The van der Waals surface area contributed by atoms with E-state index in [-0.39, 0.29) is 88.7 Å². The maximum absolute atomic E-state index is 11.7. The van der Waals surface area contributed by atoms with Crippen molar-refractivity contribution in [3.8, 4) is 0 Å². The molecule has 6 atom stereocenters. The predicted molar refractivity (Wildman–Crippen MR) is 104 cm³/mol. The van der Waals surface area contributed by atoms with Gasteiger partial charge in [-0.2, -0.15) is 8.62 Å². The van der Waals surface area contributed by atoms with Crippen molar-refractivity contribution in [3.63, 3.8) is 0 Å². The number of rotatable bonds is 8. The Balaban J connectivity index is 0. The third-order valence-electron chi connectivity index (χ3n) is 3.28. The zero-order valence-corrected chi connectivity index (χ0v) is 25.5. The minimum Gasteiger partial charge on any atom is -0.387 e. The molecule has 1 saturated heterocycles. The Morgan fingerprint density at radius 2 is 1.53 bits per heavy atom. The Labute approximate surface area is 244 Å². The van der Waals surface area contributed by atoms with E-state index in [1.54, 1.807) is 0 Å². The molecule has 1 aromatic heterocycles. The van der Waals surface area contributed by atoms with Gasteiger partial charge in [0.05, 0.1) is 6.61 Å². The Kier molecular flexibility index (Phi) is 15.9. The van der Waals surface area contributed by atoms with E-state index in [0.717, 1.165) is 12.3 Å². The summed E-state index contributed by atoms with van der Waals surface area (Å²) in [6, 6.07) is 0.920. The Hall–Kier alpha value is 1.97. The first-order chi connectivity index (χ1) is 13.1. The summed E-state index contributed by atoms with van der Waals surface area (Å²) in [5.74, 6) is 0. The summed E-state index contributed by atoms with van der Waals surface area (Å²) in [5, 5.41) is 19.9. The Morgan fingerprint density at radius 3 is 2.03 bits per heavy atom. The average molecular weight is 553 g/mol. The molecular formula is C9H15N2Na3O15P3. The largest absolute Gasteiger partial charge is 0.490 e. The first kappa shape index (κ1) is 36.1. The molecule has 1 fully saturated rings. The van der Waals surface area contributed by atoms with Crippen molar-refractivity contribution in [1.29, 1.82) is 0 Å². The zero-order valence-electron chi connectivity index (χ0n) is 16.8. The van der Waals surface area contributed by atoms with Gasteiger partial charge < -0.3 is 34.5 Å². The molecule has 6 unspecified atom stereocenters. The minimum absolute atomic E-state index is 0. The number of H-pyrrole nitrogens is 1. The van der Waals surface area contributed by atoms with E-state index < -0.39 is 65.9 Å². The van der Waals surface area contributed by atoms with Crippen LogP contribution in [0.4, 0.5) is 0 Å². The molecule has 3 radical (unpaired) electrons. The summed E-state index contributed by atoms with van der Waals surface area (Å²) in [5.41, 5.74) is -1.74. The molecule has 0 saturated carbocycles. The molecule has 23 heteroatoms. The quantitative estimate of drug-likeness (QED) is 0.121. The molecule has 1 aromatic rings. The fourth-order valence-electron chi connectivity index (χ4n) is 2.20. The van der Waals surface area contributed by atoms with E-state index >= 15 is 0 Å². The fourth-order valence-corrected chi connectivity index (χ4v) is 5.23. The van der Waals surface area contributed by atoms with Gasteiger partial charge in [0.15, 0.2) is 6.23 Å². The Bertz CT molecular complexity index is 1010. The van der Waals surface area contributed by atoms with Gasteiger partial charge in [0.2, 0.25) is 0 Å². The summed E-state index contributed by atoms with van der Waals surface area (Å²) in [6.45, 7) is -1.05. The molecule has 0 aromatic carbocycles. The van der Waals surface area contributed by atoms with E-state index in [0.29, 0.717) is 4.57 Å². The molecule has 169 valence electrons. The molecule has 0 bridgehead atoms. The van der Waals surface area contributed by atoms with Gasteiger partial charge in [0, 0.05) is 101 Å². The van der Waals surface area contributed by atoms with Crippen molar-refractivity contribution >= 4 is 112 Å². The van der Waals surface area contributed by atoms with Crippen LogP contribution in [0.15, 0.2) is 21.9 Å². The number of aliphatic hydroxyl groups is 2. The number of phosphoric acid groups is 3. The molecule has 1 aliphatic rings. The number of hydrogen-bond acceptors (Lipinski definition) is 11. The Morgan fingerprint density at radius 1 is 0.969 bits per heavy atom. The number of nitrogens with zero attached hydrogens (tertiary/aromatic N) is 1. The van der Waals surface area contributed by atoms with Gasteiger partial charge in [-0.05, 0) is 0 Å². The predicted octanol–water partition coefficient (Wildman–Crippen LogP) is -3.64. The summed E-state index contributed by atoms with van der Waals surface area (Å²) in [7, 11) is -16.8. The molecule has 2 rings (SSSR count). The zero-order chi connectivity index (χ0) is 22.2. The van der Waals surface area contributed by atoms with Crippen LogP contribution in [0.25, 0.3) is 0 Å². The van der Waals surface area contributed by atoms with Crippen LogP contribution in [0.2, 0.25) is 0 Å². The second-order valence-corrected chi connectivity index (χ2v) is 9.87. The second kappa shape index (κ2) is 14.1. The van der Waals surface area contributed by atoms with Crippen LogP contribution in [0.5, 0.6) is 0 Å². The van der Waals surface area contributed by atoms with Crippen molar-refractivity contribution in [2.24, 2.45) is 0 Å². The smallest absolute Gasteiger partial charge is 0.387 e. The maximum Gasteiger partial charge on any atom is 0.490 e. The van der Waals surface area contributed by atoms with Gasteiger partial charge in [-0.25, -0.2) is 18.5 Å². The van der Waals surface area contributed by atoms with Crippen molar-refractivity contribution in [1.82, 2.24) is 9.55 Å². The number of ether oxygens (including phenoxy) is 1. The number of hydrogen-bond donors (Lipinski definition) is 7. The first-order valence-electron chi connectivity index (χ1n) is 7.22. The minimum atomic E-state index is -5.73. The van der Waals surface area contributed by atoms with Crippen molar-refractivity contribution in [3.05, 3.63) is 33.1 Å². The van der Waals surface area contributed by atoms with Gasteiger partial charge in [-0.3, -0.25) is 18.9 Å². The second-order valence-electron chi connectivity index (χ2n) is 5.45. The van der Waals surface area contributed by atoms with Crippen LogP contribution in [0, 0.1) is 0 Å². The maximum atomic E-state index is 11.7. The topological polar surface area (TPSA) is 264 Å². The van der Waals surface area contributed by atoms with Crippen molar-refractivity contribution in [2.45, 2.75) is 24.5 Å². The molecule has 17 nitrogen and oxygen atoms in total. The van der Waals surface area contributed by atoms with Crippen LogP contribution in [0.1, 0.15) is 6.23 Å². The normalized spacial score (nSPS) is 26.6. The molecule has 0 amide bonds. The summed E-state index contributed by atoms with van der Waals surface area (Å²) in [4.78, 5) is 59.9. The molecule has 32 heavy (non-hydrogen) atoms. The van der Waals surface area contributed by atoms with E-state index in [4.69, 9.17) is 19.4 Å². The molecule has 1 aliphatic heterocycles. The van der Waals surface area contributed by atoms with E-state index in [9.17, 15) is 38.4 Å². The first-order valence-corrected chi connectivity index (χ1v) is 11.7. The third kappa shape index (κ3) is 10.9. The van der Waals surface area contributed by atoms with Crippen LogP contribution in [0.3, 0.4) is 0 Å².